The fourth-order valence-electron chi connectivity index (χ4n) is 2.39. The number of carbonyl (C=O) groups excluding carboxylic acids is 1. The molecule has 0 saturated heterocycles. The lowest BCUT2D eigenvalue weighted by atomic mass is 10.2. The van der Waals surface area contributed by atoms with Crippen LogP contribution in [-0.4, -0.2) is 35.2 Å². The average molecular weight is 396 g/mol. The Bertz CT molecular complexity index is 1060. The summed E-state index contributed by atoms with van der Waals surface area (Å²) in [6.07, 6.45) is 2.76. The number of anilines is 1. The molecule has 148 valence electrons. The minimum absolute atomic E-state index is 0.0276. The molecular formula is C19H16N4O6. The van der Waals surface area contributed by atoms with Gasteiger partial charge in [0.2, 0.25) is 5.89 Å². The van der Waals surface area contributed by atoms with Gasteiger partial charge in [0, 0.05) is 23.8 Å². The van der Waals surface area contributed by atoms with E-state index in [-0.39, 0.29) is 17.6 Å². The van der Waals surface area contributed by atoms with Gasteiger partial charge in [0.1, 0.15) is 0 Å². The third kappa shape index (κ3) is 4.75. The number of hydrogen-bond donors (Lipinski definition) is 1. The van der Waals surface area contributed by atoms with Gasteiger partial charge < -0.3 is 13.9 Å². The van der Waals surface area contributed by atoms with E-state index in [4.69, 9.17) is 13.9 Å². The molecule has 0 aliphatic heterocycles. The molecule has 1 aromatic heterocycles. The summed E-state index contributed by atoms with van der Waals surface area (Å²) in [5.74, 6) is 0.756. The Labute approximate surface area is 164 Å². The van der Waals surface area contributed by atoms with Gasteiger partial charge in [-0.1, -0.05) is 5.10 Å². The molecular weight excluding hydrogens is 380 g/mol. The fourth-order valence-corrected chi connectivity index (χ4v) is 2.39. The van der Waals surface area contributed by atoms with Gasteiger partial charge in [-0.2, -0.15) is 0 Å². The van der Waals surface area contributed by atoms with Gasteiger partial charge in [-0.15, -0.1) is 5.10 Å². The van der Waals surface area contributed by atoms with E-state index in [0.29, 0.717) is 22.6 Å². The number of rotatable bonds is 7. The molecule has 10 heteroatoms. The minimum Gasteiger partial charge on any atom is -0.493 e. The molecule has 2 aromatic carbocycles. The normalized spacial score (nSPS) is 10.7. The monoisotopic (exact) mass is 396 g/mol. The van der Waals surface area contributed by atoms with Crippen molar-refractivity contribution in [1.82, 2.24) is 10.2 Å². The number of ether oxygens (including phenoxy) is 2. The third-order valence-electron chi connectivity index (χ3n) is 3.82. The number of non-ortho nitro benzene ring substituents is 1. The van der Waals surface area contributed by atoms with Crippen LogP contribution in [0.3, 0.4) is 0 Å². The maximum absolute atomic E-state index is 12.0. The topological polar surface area (TPSA) is 130 Å². The molecule has 29 heavy (non-hydrogen) atoms. The second-order valence-corrected chi connectivity index (χ2v) is 5.65. The van der Waals surface area contributed by atoms with Crippen molar-refractivity contribution >= 4 is 23.7 Å². The summed E-state index contributed by atoms with van der Waals surface area (Å²) in [6, 6.07) is 10.8. The van der Waals surface area contributed by atoms with Crippen LogP contribution in [0.4, 0.5) is 11.7 Å². The maximum atomic E-state index is 12.0. The van der Waals surface area contributed by atoms with Crippen molar-refractivity contribution < 1.29 is 23.6 Å². The number of nitro benzene ring substituents is 1. The third-order valence-corrected chi connectivity index (χ3v) is 3.82. The quantitative estimate of drug-likeness (QED) is 0.366. The van der Waals surface area contributed by atoms with E-state index >= 15 is 0 Å². The average Bonchev–Trinajstić information content (AvgIpc) is 3.20. The first-order valence-corrected chi connectivity index (χ1v) is 8.29. The second-order valence-electron chi connectivity index (χ2n) is 5.65. The van der Waals surface area contributed by atoms with Crippen LogP contribution in [0.5, 0.6) is 11.5 Å². The molecule has 0 unspecified atom stereocenters. The molecule has 0 bridgehead atoms. The number of nitrogens with zero attached hydrogens (tertiary/aromatic N) is 3. The molecule has 0 saturated carbocycles. The summed E-state index contributed by atoms with van der Waals surface area (Å²) in [6.45, 7) is 0. The molecule has 0 aliphatic carbocycles. The second kappa shape index (κ2) is 8.65. The Morgan fingerprint density at radius 3 is 2.48 bits per heavy atom. The Hall–Kier alpha value is -4.21. The van der Waals surface area contributed by atoms with E-state index in [1.54, 1.807) is 18.2 Å². The van der Waals surface area contributed by atoms with Crippen LogP contribution in [0.25, 0.3) is 17.5 Å². The highest BCUT2D eigenvalue weighted by Gasteiger charge is 2.13. The minimum atomic E-state index is -0.495. The Balaban J connectivity index is 1.66. The van der Waals surface area contributed by atoms with Crippen LogP contribution in [0.15, 0.2) is 53.0 Å². The fraction of sp³-hybridized carbons (Fsp3) is 0.105. The van der Waals surface area contributed by atoms with Crippen molar-refractivity contribution in [3.63, 3.8) is 0 Å². The molecule has 0 atom stereocenters. The number of nitro groups is 1. The molecule has 1 amide bonds. The highest BCUT2D eigenvalue weighted by Crippen LogP contribution is 2.32. The molecule has 3 rings (SSSR count). The number of aromatic nitrogens is 2. The number of benzene rings is 2. The number of amides is 1. The number of hydrogen-bond acceptors (Lipinski definition) is 8. The molecule has 0 fully saturated rings. The van der Waals surface area contributed by atoms with Crippen LogP contribution in [0.1, 0.15) is 5.56 Å². The van der Waals surface area contributed by atoms with E-state index in [0.717, 1.165) is 0 Å². The molecule has 1 heterocycles. The SMILES string of the molecule is COc1ccc(-c2nnc(NC(=O)C=Cc3ccc([N+](=O)[O-])cc3)o2)cc1OC. The smallest absolute Gasteiger partial charge is 0.322 e. The van der Waals surface area contributed by atoms with Crippen molar-refractivity contribution in [1.29, 1.82) is 0 Å². The van der Waals surface area contributed by atoms with E-state index in [2.05, 4.69) is 15.5 Å². The van der Waals surface area contributed by atoms with Gasteiger partial charge in [0.25, 0.3) is 11.6 Å². The van der Waals surface area contributed by atoms with E-state index < -0.39 is 10.8 Å². The molecule has 10 nitrogen and oxygen atoms in total. The van der Waals surface area contributed by atoms with Gasteiger partial charge in [0.15, 0.2) is 11.5 Å². The molecule has 0 spiro atoms. The Morgan fingerprint density at radius 1 is 1.10 bits per heavy atom. The zero-order chi connectivity index (χ0) is 20.8. The van der Waals surface area contributed by atoms with Crippen molar-refractivity contribution in [3.05, 3.63) is 64.2 Å². The predicted molar refractivity (Wildman–Crippen MR) is 104 cm³/mol. The first-order chi connectivity index (χ1) is 14.0. The summed E-state index contributed by atoms with van der Waals surface area (Å²) >= 11 is 0. The summed E-state index contributed by atoms with van der Waals surface area (Å²) < 4.78 is 15.9. The molecule has 0 aliphatic rings. The van der Waals surface area contributed by atoms with Crippen LogP contribution < -0.4 is 14.8 Å². The summed E-state index contributed by atoms with van der Waals surface area (Å²) in [4.78, 5) is 22.2. The van der Waals surface area contributed by atoms with Crippen LogP contribution in [-0.2, 0) is 4.79 Å². The number of nitrogens with one attached hydrogen (secondary N) is 1. The van der Waals surface area contributed by atoms with E-state index in [1.165, 1.54) is 50.6 Å². The van der Waals surface area contributed by atoms with Crippen molar-refractivity contribution in [2.45, 2.75) is 0 Å². The summed E-state index contributed by atoms with van der Waals surface area (Å²) in [7, 11) is 3.04. The largest absolute Gasteiger partial charge is 0.493 e. The van der Waals surface area contributed by atoms with Crippen molar-refractivity contribution in [2.24, 2.45) is 0 Å². The first kappa shape index (κ1) is 19.5. The van der Waals surface area contributed by atoms with Gasteiger partial charge in [-0.3, -0.25) is 20.2 Å². The summed E-state index contributed by atoms with van der Waals surface area (Å²) in [5, 5.41) is 20.8. The van der Waals surface area contributed by atoms with Crippen LogP contribution >= 0.6 is 0 Å². The predicted octanol–water partition coefficient (Wildman–Crippen LogP) is 3.31. The Morgan fingerprint density at radius 2 is 1.83 bits per heavy atom. The first-order valence-electron chi connectivity index (χ1n) is 8.29. The van der Waals surface area contributed by atoms with Crippen LogP contribution in [0.2, 0.25) is 0 Å². The lowest BCUT2D eigenvalue weighted by Gasteiger charge is -2.07. The summed E-state index contributed by atoms with van der Waals surface area (Å²) in [5.41, 5.74) is 1.19. The number of carbonyl (C=O) groups is 1. The lowest BCUT2D eigenvalue weighted by Crippen LogP contribution is -2.07. The van der Waals surface area contributed by atoms with E-state index in [1.807, 2.05) is 0 Å². The zero-order valence-electron chi connectivity index (χ0n) is 15.5. The molecule has 1 N–H and O–H groups in total. The van der Waals surface area contributed by atoms with Gasteiger partial charge in [-0.25, -0.2) is 0 Å². The highest BCUT2D eigenvalue weighted by molar-refractivity contribution is 6.00. The highest BCUT2D eigenvalue weighted by atomic mass is 16.6. The van der Waals surface area contributed by atoms with Crippen molar-refractivity contribution in [2.75, 3.05) is 19.5 Å². The maximum Gasteiger partial charge on any atom is 0.322 e. The van der Waals surface area contributed by atoms with Gasteiger partial charge in [-0.05, 0) is 42.0 Å². The standard InChI is InChI=1S/C19H16N4O6/c1-27-15-9-6-13(11-16(15)28-2)18-21-22-19(29-18)20-17(24)10-5-12-3-7-14(8-4-12)23(25)26/h3-11H,1-2H3,(H,20,22,24). The lowest BCUT2D eigenvalue weighted by molar-refractivity contribution is -0.384. The number of methoxy groups -OCH3 is 2. The zero-order valence-corrected chi connectivity index (χ0v) is 15.5. The van der Waals surface area contributed by atoms with Crippen molar-refractivity contribution in [3.8, 4) is 23.0 Å². The van der Waals surface area contributed by atoms with Crippen LogP contribution in [0, 0.1) is 10.1 Å². The molecule has 3 aromatic rings. The molecule has 0 radical (unpaired) electrons. The Kier molecular flexibility index (Phi) is 5.83. The van der Waals surface area contributed by atoms with Gasteiger partial charge in [0.05, 0.1) is 19.1 Å². The van der Waals surface area contributed by atoms with Gasteiger partial charge >= 0.3 is 6.01 Å². The van der Waals surface area contributed by atoms with E-state index in [9.17, 15) is 14.9 Å².